The highest BCUT2D eigenvalue weighted by Crippen LogP contribution is 2.27. The Hall–Kier alpha value is -3.30. The van der Waals surface area contributed by atoms with Gasteiger partial charge in [-0.3, -0.25) is 4.90 Å². The van der Waals surface area contributed by atoms with Crippen LogP contribution in [0.2, 0.25) is 10.0 Å². The molecule has 2 aliphatic heterocycles. The van der Waals surface area contributed by atoms with Crippen molar-refractivity contribution >= 4 is 40.2 Å². The number of rotatable bonds is 10. The van der Waals surface area contributed by atoms with Crippen LogP contribution in [0.3, 0.4) is 0 Å². The molecular weight excluding hydrogens is 565 g/mol. The summed E-state index contributed by atoms with van der Waals surface area (Å²) in [6.07, 6.45) is 3.06. The van der Waals surface area contributed by atoms with Crippen molar-refractivity contribution in [2.75, 3.05) is 19.7 Å². The number of benzene rings is 3. The van der Waals surface area contributed by atoms with Crippen molar-refractivity contribution in [1.82, 2.24) is 14.5 Å². The van der Waals surface area contributed by atoms with Gasteiger partial charge in [-0.05, 0) is 73.4 Å². The molecule has 3 heterocycles. The lowest BCUT2D eigenvalue weighted by molar-refractivity contribution is -0.0592. The SMILES string of the molecule is O=C(O)c1ccc2nc(CN3CCC(Oc4cccc(COc5cc(Cl)cc(Cl)c5)c4)CC3)n(C[C@@H]3CCO3)c2c1. The van der Waals surface area contributed by atoms with Gasteiger partial charge in [-0.2, -0.15) is 0 Å². The van der Waals surface area contributed by atoms with E-state index in [0.29, 0.717) is 35.5 Å². The minimum absolute atomic E-state index is 0.120. The third-order valence-electron chi connectivity index (χ3n) is 7.60. The van der Waals surface area contributed by atoms with Gasteiger partial charge in [0.15, 0.2) is 0 Å². The third kappa shape index (κ3) is 6.79. The van der Waals surface area contributed by atoms with Crippen LogP contribution in [0.4, 0.5) is 0 Å². The topological polar surface area (TPSA) is 86.0 Å². The van der Waals surface area contributed by atoms with Gasteiger partial charge >= 0.3 is 5.97 Å². The second-order valence-corrected chi connectivity index (χ2v) is 11.4. The predicted octanol–water partition coefficient (Wildman–Crippen LogP) is 6.45. The van der Waals surface area contributed by atoms with Gasteiger partial charge in [0.1, 0.15) is 30.0 Å². The Kier molecular flexibility index (Phi) is 8.35. The van der Waals surface area contributed by atoms with Crippen molar-refractivity contribution in [2.45, 2.75) is 51.2 Å². The van der Waals surface area contributed by atoms with Crippen LogP contribution >= 0.6 is 23.2 Å². The number of hydrogen-bond donors (Lipinski definition) is 1. The van der Waals surface area contributed by atoms with Gasteiger partial charge in [-0.1, -0.05) is 35.3 Å². The summed E-state index contributed by atoms with van der Waals surface area (Å²) in [4.78, 5) is 18.8. The molecule has 3 aromatic carbocycles. The Morgan fingerprint density at radius 1 is 1.00 bits per heavy atom. The first-order valence-corrected chi connectivity index (χ1v) is 14.6. The number of hydrogen-bond acceptors (Lipinski definition) is 6. The summed E-state index contributed by atoms with van der Waals surface area (Å²) in [5.41, 5.74) is 2.92. The summed E-state index contributed by atoms with van der Waals surface area (Å²) in [7, 11) is 0. The average Bonchev–Trinajstić information content (AvgIpc) is 3.26. The Bertz CT molecular complexity index is 1530. The molecule has 214 valence electrons. The first-order chi connectivity index (χ1) is 19.9. The van der Waals surface area contributed by atoms with Gasteiger partial charge in [-0.25, -0.2) is 9.78 Å². The van der Waals surface area contributed by atoms with E-state index in [1.165, 1.54) is 0 Å². The van der Waals surface area contributed by atoms with E-state index >= 15 is 0 Å². The maximum Gasteiger partial charge on any atom is 0.335 e. The molecule has 0 radical (unpaired) electrons. The average molecular weight is 597 g/mol. The Morgan fingerprint density at radius 3 is 2.49 bits per heavy atom. The van der Waals surface area contributed by atoms with Crippen LogP contribution in [0, 0.1) is 0 Å². The number of ether oxygens (including phenoxy) is 3. The number of halogens is 2. The van der Waals surface area contributed by atoms with Crippen molar-refractivity contribution in [3.63, 3.8) is 0 Å². The fraction of sp³-hybridized carbons (Fsp3) is 0.355. The van der Waals surface area contributed by atoms with E-state index in [2.05, 4.69) is 9.47 Å². The summed E-state index contributed by atoms with van der Waals surface area (Å²) in [6.45, 7) is 4.29. The number of aromatic carboxylic acids is 1. The zero-order chi connectivity index (χ0) is 28.3. The van der Waals surface area contributed by atoms with Crippen molar-refractivity contribution in [3.8, 4) is 11.5 Å². The van der Waals surface area contributed by atoms with Gasteiger partial charge in [0, 0.05) is 29.7 Å². The summed E-state index contributed by atoms with van der Waals surface area (Å²) in [6, 6.07) is 18.2. The monoisotopic (exact) mass is 595 g/mol. The molecular formula is C31H31Cl2N3O5. The first kappa shape index (κ1) is 27.8. The van der Waals surface area contributed by atoms with Gasteiger partial charge in [0.05, 0.1) is 35.8 Å². The van der Waals surface area contributed by atoms with Crippen LogP contribution in [-0.4, -0.2) is 57.4 Å². The van der Waals surface area contributed by atoms with E-state index in [1.54, 1.807) is 36.4 Å². The normalized spacial score (nSPS) is 17.9. The highest BCUT2D eigenvalue weighted by Gasteiger charge is 2.25. The molecule has 0 saturated carbocycles. The Labute approximate surface area is 248 Å². The zero-order valence-corrected chi connectivity index (χ0v) is 24.0. The van der Waals surface area contributed by atoms with Crippen molar-refractivity contribution < 1.29 is 24.1 Å². The van der Waals surface area contributed by atoms with Crippen LogP contribution in [0.5, 0.6) is 11.5 Å². The number of aromatic nitrogens is 2. The molecule has 0 unspecified atom stereocenters. The highest BCUT2D eigenvalue weighted by atomic mass is 35.5. The van der Waals surface area contributed by atoms with Gasteiger partial charge < -0.3 is 23.9 Å². The van der Waals surface area contributed by atoms with E-state index in [4.69, 9.17) is 42.4 Å². The molecule has 0 spiro atoms. The van der Waals surface area contributed by atoms with Crippen molar-refractivity contribution in [2.24, 2.45) is 0 Å². The second kappa shape index (κ2) is 12.3. The smallest absolute Gasteiger partial charge is 0.335 e. The van der Waals surface area contributed by atoms with E-state index in [-0.39, 0.29) is 17.8 Å². The molecule has 10 heteroatoms. The standard InChI is InChI=1S/C31H31Cl2N3O5/c32-22-14-23(33)16-27(15-22)40-19-20-2-1-3-25(12-20)41-24-6-9-35(10-7-24)18-30-34-28-5-4-21(31(37)38)13-29(28)36(30)17-26-8-11-39-26/h1-5,12-16,24,26H,6-11,17-19H2,(H,37,38)/t26-/m0/s1. The number of imidazole rings is 1. The summed E-state index contributed by atoms with van der Waals surface area (Å²) in [5.74, 6) is 1.45. The van der Waals surface area contributed by atoms with Crippen LogP contribution in [0.1, 0.15) is 41.0 Å². The molecule has 41 heavy (non-hydrogen) atoms. The zero-order valence-electron chi connectivity index (χ0n) is 22.5. The first-order valence-electron chi connectivity index (χ1n) is 13.8. The van der Waals surface area contributed by atoms with Gasteiger partial charge in [-0.15, -0.1) is 0 Å². The lowest BCUT2D eigenvalue weighted by Crippen LogP contribution is -2.39. The third-order valence-corrected chi connectivity index (χ3v) is 8.03. The minimum Gasteiger partial charge on any atom is -0.490 e. The molecule has 0 amide bonds. The van der Waals surface area contributed by atoms with E-state index in [1.807, 2.05) is 24.3 Å². The number of carbonyl (C=O) groups is 1. The van der Waals surface area contributed by atoms with Crippen molar-refractivity contribution in [1.29, 1.82) is 0 Å². The number of nitrogens with zero attached hydrogens (tertiary/aromatic N) is 3. The van der Waals surface area contributed by atoms with Gasteiger partial charge in [0.25, 0.3) is 0 Å². The molecule has 4 aromatic rings. The lowest BCUT2D eigenvalue weighted by Gasteiger charge is -2.32. The Balaban J connectivity index is 1.06. The van der Waals surface area contributed by atoms with Crippen molar-refractivity contribution in [3.05, 3.63) is 87.7 Å². The van der Waals surface area contributed by atoms with Gasteiger partial charge in [0.2, 0.25) is 0 Å². The molecule has 1 N–H and O–H groups in total. The Morgan fingerprint density at radius 2 is 1.78 bits per heavy atom. The summed E-state index contributed by atoms with van der Waals surface area (Å²) in [5, 5.41) is 10.6. The lowest BCUT2D eigenvalue weighted by atomic mass is 10.1. The second-order valence-electron chi connectivity index (χ2n) is 10.6. The van der Waals surface area contributed by atoms with Crippen LogP contribution in [0.25, 0.3) is 11.0 Å². The molecule has 1 aromatic heterocycles. The largest absolute Gasteiger partial charge is 0.490 e. The number of carboxylic acid groups (broad SMARTS) is 1. The quantitative estimate of drug-likeness (QED) is 0.225. The fourth-order valence-electron chi connectivity index (χ4n) is 5.33. The van der Waals surface area contributed by atoms with E-state index in [9.17, 15) is 9.90 Å². The van der Waals surface area contributed by atoms with E-state index in [0.717, 1.165) is 67.1 Å². The molecule has 2 aliphatic rings. The van der Waals surface area contributed by atoms with E-state index < -0.39 is 5.97 Å². The summed E-state index contributed by atoms with van der Waals surface area (Å²) >= 11 is 12.1. The molecule has 0 aliphatic carbocycles. The molecule has 0 bridgehead atoms. The van der Waals surface area contributed by atoms with Crippen LogP contribution in [0.15, 0.2) is 60.7 Å². The maximum atomic E-state index is 11.6. The number of fused-ring (bicyclic) bond motifs is 1. The highest BCUT2D eigenvalue weighted by molar-refractivity contribution is 6.34. The van der Waals surface area contributed by atoms with Crippen LogP contribution in [-0.2, 0) is 24.4 Å². The molecule has 1 atom stereocenters. The number of likely N-dealkylation sites (tertiary alicyclic amines) is 1. The predicted molar refractivity (Wildman–Crippen MR) is 157 cm³/mol. The molecule has 2 fully saturated rings. The minimum atomic E-state index is -0.938. The number of carboxylic acids is 1. The number of piperidine rings is 1. The fourth-order valence-corrected chi connectivity index (χ4v) is 5.83. The maximum absolute atomic E-state index is 11.6. The molecule has 8 nitrogen and oxygen atoms in total. The van der Waals surface area contributed by atoms with Crippen LogP contribution < -0.4 is 9.47 Å². The molecule has 6 rings (SSSR count). The molecule has 2 saturated heterocycles. The summed E-state index contributed by atoms with van der Waals surface area (Å²) < 4.78 is 20.1.